The number of pyridine rings is 2. The van der Waals surface area contributed by atoms with E-state index in [2.05, 4.69) is 24.1 Å². The third-order valence-electron chi connectivity index (χ3n) is 6.34. The van der Waals surface area contributed by atoms with Gasteiger partial charge in [-0.3, -0.25) is 14.6 Å². The average Bonchev–Trinajstić information content (AvgIpc) is 2.85. The zero-order valence-corrected chi connectivity index (χ0v) is 22.1. The molecule has 1 N–H and O–H groups in total. The van der Waals surface area contributed by atoms with E-state index in [0.717, 1.165) is 40.0 Å². The molecule has 36 heavy (non-hydrogen) atoms. The fourth-order valence-corrected chi connectivity index (χ4v) is 4.53. The van der Waals surface area contributed by atoms with E-state index in [1.54, 1.807) is 30.1 Å². The largest absolute Gasteiger partial charge is 0.496 e. The van der Waals surface area contributed by atoms with Gasteiger partial charge in [-0.1, -0.05) is 26.0 Å². The molecule has 0 aliphatic rings. The second-order valence-corrected chi connectivity index (χ2v) is 9.63. The fraction of sp³-hybridized carbons (Fsp3) is 0.414. The third-order valence-corrected chi connectivity index (χ3v) is 6.34. The summed E-state index contributed by atoms with van der Waals surface area (Å²) in [5.74, 6) is 0.837. The van der Waals surface area contributed by atoms with Gasteiger partial charge in [-0.2, -0.15) is 0 Å². The zero-order chi connectivity index (χ0) is 26.2. The first-order valence-corrected chi connectivity index (χ1v) is 12.3. The molecule has 0 saturated carbocycles. The van der Waals surface area contributed by atoms with Crippen LogP contribution in [0.5, 0.6) is 5.75 Å². The van der Waals surface area contributed by atoms with E-state index < -0.39 is 0 Å². The van der Waals surface area contributed by atoms with Crippen LogP contribution in [-0.2, 0) is 9.53 Å². The molecule has 3 aromatic rings. The van der Waals surface area contributed by atoms with Gasteiger partial charge in [0.1, 0.15) is 5.75 Å². The minimum Gasteiger partial charge on any atom is -0.496 e. The Morgan fingerprint density at radius 1 is 1.11 bits per heavy atom. The number of methoxy groups -OCH3 is 2. The minimum atomic E-state index is -0.337. The fourth-order valence-electron chi connectivity index (χ4n) is 4.53. The van der Waals surface area contributed by atoms with Crippen molar-refractivity contribution in [2.75, 3.05) is 20.8 Å². The maximum Gasteiger partial charge on any atom is 0.307 e. The smallest absolute Gasteiger partial charge is 0.307 e. The topological polar surface area (TPSA) is 82.5 Å². The van der Waals surface area contributed by atoms with Crippen molar-refractivity contribution >= 4 is 5.97 Å². The third kappa shape index (κ3) is 6.82. The van der Waals surface area contributed by atoms with Gasteiger partial charge in [0.05, 0.1) is 20.6 Å². The molecule has 7 heteroatoms. The van der Waals surface area contributed by atoms with Crippen LogP contribution in [0.4, 0.5) is 0 Å². The highest BCUT2D eigenvalue weighted by Crippen LogP contribution is 2.34. The number of hydrogen-bond acceptors (Lipinski definition) is 6. The number of benzene rings is 1. The number of aromatic nitrogens is 2. The minimum absolute atomic E-state index is 0.0257. The molecular formula is C29H37N3O4. The number of ether oxygens (including phenoxy) is 2. The molecule has 2 aromatic heterocycles. The van der Waals surface area contributed by atoms with Crippen LogP contribution in [0, 0.1) is 19.8 Å². The molecule has 0 radical (unpaired) electrons. The van der Waals surface area contributed by atoms with Crippen LogP contribution in [0.1, 0.15) is 55.5 Å². The maximum atomic E-state index is 12.7. The standard InChI is InChI=1S/C29H37N3O4/c1-19(2)12-24(32-11-10-20(3)13-27(32)33)18-31-25(15-28(34)36-6)22-14-23(17-30-16-22)29-21(4)8-7-9-26(29)35-5/h7-11,13-14,16-17,19,24-25,31H,12,15,18H2,1-6H3/t24-,25-/m0/s1. The molecule has 0 bridgehead atoms. The Bertz CT molecular complexity index is 1240. The van der Waals surface area contributed by atoms with E-state index in [1.807, 2.05) is 50.4 Å². The molecule has 0 aliphatic carbocycles. The van der Waals surface area contributed by atoms with Gasteiger partial charge < -0.3 is 19.4 Å². The average molecular weight is 492 g/mol. The van der Waals surface area contributed by atoms with Crippen LogP contribution in [-0.4, -0.2) is 36.3 Å². The summed E-state index contributed by atoms with van der Waals surface area (Å²) in [6.07, 6.45) is 6.39. The summed E-state index contributed by atoms with van der Waals surface area (Å²) in [7, 11) is 3.04. The quantitative estimate of drug-likeness (QED) is 0.380. The number of carbonyl (C=O) groups is 1. The van der Waals surface area contributed by atoms with E-state index >= 15 is 0 Å². The number of hydrogen-bond donors (Lipinski definition) is 1. The van der Waals surface area contributed by atoms with Gasteiger partial charge in [0.15, 0.2) is 0 Å². The van der Waals surface area contributed by atoms with Crippen LogP contribution in [0.3, 0.4) is 0 Å². The Morgan fingerprint density at radius 3 is 2.56 bits per heavy atom. The molecule has 0 saturated heterocycles. The van der Waals surface area contributed by atoms with Crippen molar-refractivity contribution in [3.05, 3.63) is 82.0 Å². The van der Waals surface area contributed by atoms with Crippen LogP contribution >= 0.6 is 0 Å². The van der Waals surface area contributed by atoms with Crippen molar-refractivity contribution in [1.82, 2.24) is 14.9 Å². The van der Waals surface area contributed by atoms with E-state index in [9.17, 15) is 9.59 Å². The summed E-state index contributed by atoms with van der Waals surface area (Å²) in [4.78, 5) is 29.6. The van der Waals surface area contributed by atoms with Crippen LogP contribution in [0.25, 0.3) is 11.1 Å². The zero-order valence-electron chi connectivity index (χ0n) is 22.1. The normalized spacial score (nSPS) is 12.9. The van der Waals surface area contributed by atoms with Gasteiger partial charge in [0.25, 0.3) is 5.56 Å². The van der Waals surface area contributed by atoms with Gasteiger partial charge in [0.2, 0.25) is 0 Å². The first kappa shape index (κ1) is 27.1. The Labute approximate surface area is 213 Å². The maximum absolute atomic E-state index is 12.7. The van der Waals surface area contributed by atoms with Crippen molar-refractivity contribution < 1.29 is 14.3 Å². The first-order chi connectivity index (χ1) is 17.2. The molecule has 0 spiro atoms. The Kier molecular flexibility index (Phi) is 9.42. The van der Waals surface area contributed by atoms with Crippen LogP contribution < -0.4 is 15.6 Å². The lowest BCUT2D eigenvalue weighted by Crippen LogP contribution is -2.35. The lowest BCUT2D eigenvalue weighted by Gasteiger charge is -2.26. The highest BCUT2D eigenvalue weighted by atomic mass is 16.5. The van der Waals surface area contributed by atoms with Crippen molar-refractivity contribution in [2.45, 2.75) is 52.6 Å². The lowest BCUT2D eigenvalue weighted by molar-refractivity contribution is -0.141. The first-order valence-electron chi connectivity index (χ1n) is 12.3. The number of aryl methyl sites for hydroxylation is 2. The Morgan fingerprint density at radius 2 is 1.89 bits per heavy atom. The number of nitrogens with zero attached hydrogens (tertiary/aromatic N) is 2. The molecule has 2 heterocycles. The summed E-state index contributed by atoms with van der Waals surface area (Å²) >= 11 is 0. The predicted octanol–water partition coefficient (Wildman–Crippen LogP) is 5.02. The van der Waals surface area contributed by atoms with Crippen LogP contribution in [0.2, 0.25) is 0 Å². The van der Waals surface area contributed by atoms with E-state index in [0.29, 0.717) is 12.5 Å². The van der Waals surface area contributed by atoms with E-state index in [1.165, 1.54) is 7.11 Å². The van der Waals surface area contributed by atoms with Gasteiger partial charge >= 0.3 is 5.97 Å². The summed E-state index contributed by atoms with van der Waals surface area (Å²) in [5.41, 5.74) is 4.72. The molecule has 0 aliphatic heterocycles. The molecule has 0 fully saturated rings. The van der Waals surface area contributed by atoms with E-state index in [-0.39, 0.29) is 30.0 Å². The predicted molar refractivity (Wildman–Crippen MR) is 142 cm³/mol. The molecule has 2 atom stereocenters. The molecule has 7 nitrogen and oxygen atoms in total. The summed E-state index contributed by atoms with van der Waals surface area (Å²) in [5, 5.41) is 3.54. The van der Waals surface area contributed by atoms with Crippen molar-refractivity contribution in [3.63, 3.8) is 0 Å². The van der Waals surface area contributed by atoms with Crippen LogP contribution in [0.15, 0.2) is 59.8 Å². The van der Waals surface area contributed by atoms with E-state index in [4.69, 9.17) is 9.47 Å². The Hall–Kier alpha value is -3.45. The lowest BCUT2D eigenvalue weighted by atomic mass is 9.96. The number of esters is 1. The SMILES string of the molecule is COC(=O)C[C@H](NC[C@H](CC(C)C)n1ccc(C)cc1=O)c1cncc(-c2c(C)cccc2OC)c1. The molecular weight excluding hydrogens is 454 g/mol. The molecule has 0 unspecified atom stereocenters. The number of rotatable bonds is 11. The van der Waals surface area contributed by atoms with Gasteiger partial charge in [-0.25, -0.2) is 0 Å². The van der Waals surface area contributed by atoms with Gasteiger partial charge in [-0.05, 0) is 61.1 Å². The number of nitrogens with one attached hydrogen (secondary N) is 1. The Balaban J connectivity index is 1.94. The molecule has 0 amide bonds. The second-order valence-electron chi connectivity index (χ2n) is 9.63. The number of carbonyl (C=O) groups excluding carboxylic acids is 1. The van der Waals surface area contributed by atoms with Crippen molar-refractivity contribution in [2.24, 2.45) is 5.92 Å². The molecule has 3 rings (SSSR count). The highest BCUT2D eigenvalue weighted by molar-refractivity contribution is 5.74. The van der Waals surface area contributed by atoms with Crippen molar-refractivity contribution in [3.8, 4) is 16.9 Å². The monoisotopic (exact) mass is 491 g/mol. The van der Waals surface area contributed by atoms with Gasteiger partial charge in [0, 0.05) is 54.4 Å². The molecule has 1 aromatic carbocycles. The van der Waals surface area contributed by atoms with Crippen molar-refractivity contribution in [1.29, 1.82) is 0 Å². The summed E-state index contributed by atoms with van der Waals surface area (Å²) in [6, 6.07) is 11.2. The summed E-state index contributed by atoms with van der Waals surface area (Å²) < 4.78 is 12.4. The second kappa shape index (κ2) is 12.5. The highest BCUT2D eigenvalue weighted by Gasteiger charge is 2.22. The molecule has 192 valence electrons. The summed E-state index contributed by atoms with van der Waals surface area (Å²) in [6.45, 7) is 8.74. The van der Waals surface area contributed by atoms with Gasteiger partial charge in [-0.15, -0.1) is 0 Å².